The molecule has 8 nitrogen and oxygen atoms in total. The summed E-state index contributed by atoms with van der Waals surface area (Å²) in [4.78, 5) is 35.0. The largest absolute Gasteiger partial charge is 0.461 e. The van der Waals surface area contributed by atoms with Crippen LogP contribution < -0.4 is 10.9 Å². The van der Waals surface area contributed by atoms with Gasteiger partial charge in [0.25, 0.3) is 5.56 Å². The lowest BCUT2D eigenvalue weighted by Crippen LogP contribution is -2.20. The molecule has 3 aromatic heterocycles. The van der Waals surface area contributed by atoms with Crippen molar-refractivity contribution in [3.05, 3.63) is 112 Å². The zero-order chi connectivity index (χ0) is 25.8. The molecule has 0 fully saturated rings. The van der Waals surface area contributed by atoms with Crippen molar-refractivity contribution in [2.24, 2.45) is 0 Å². The standard InChI is InChI=1S/C29H27N5O3/c1-3-37-28(36)25-17-22(19-33(25)18-21-11-7-6-8-12-21)31-29-30-20(2)24-15-16-26(35)34(27(24)32-29)23-13-9-4-5-10-14-23/h4-13,15-17,19H,3,14,18H2,1-2H3,(H,30,31,32). The lowest BCUT2D eigenvalue weighted by molar-refractivity contribution is 0.0514. The van der Waals surface area contributed by atoms with Gasteiger partial charge in [-0.15, -0.1) is 0 Å². The van der Waals surface area contributed by atoms with Gasteiger partial charge in [0.1, 0.15) is 5.69 Å². The first-order valence-corrected chi connectivity index (χ1v) is 12.1. The van der Waals surface area contributed by atoms with Crippen LogP contribution in [0.5, 0.6) is 0 Å². The molecule has 0 atom stereocenters. The summed E-state index contributed by atoms with van der Waals surface area (Å²) in [5.74, 6) is -0.0748. The maximum atomic E-state index is 12.9. The highest BCUT2D eigenvalue weighted by molar-refractivity contribution is 5.89. The molecule has 37 heavy (non-hydrogen) atoms. The number of carbonyl (C=O) groups is 1. The number of benzene rings is 1. The number of rotatable bonds is 7. The average molecular weight is 494 g/mol. The maximum absolute atomic E-state index is 12.9. The van der Waals surface area contributed by atoms with Crippen LogP contribution in [0.2, 0.25) is 0 Å². The number of ether oxygens (including phenoxy) is 1. The van der Waals surface area contributed by atoms with E-state index in [0.717, 1.165) is 22.3 Å². The van der Waals surface area contributed by atoms with Gasteiger partial charge in [0, 0.05) is 36.3 Å². The summed E-state index contributed by atoms with van der Waals surface area (Å²) in [6, 6.07) is 14.9. The van der Waals surface area contributed by atoms with Gasteiger partial charge in [0.2, 0.25) is 5.95 Å². The Morgan fingerprint density at radius 3 is 2.73 bits per heavy atom. The van der Waals surface area contributed by atoms with Gasteiger partial charge in [-0.1, -0.05) is 54.6 Å². The smallest absolute Gasteiger partial charge is 0.355 e. The van der Waals surface area contributed by atoms with Crippen LogP contribution in [0.1, 0.15) is 35.1 Å². The molecule has 0 aliphatic heterocycles. The van der Waals surface area contributed by atoms with Crippen LogP contribution in [0, 0.1) is 6.92 Å². The second-order valence-corrected chi connectivity index (χ2v) is 8.63. The number of allylic oxidation sites excluding steroid dienone is 6. The summed E-state index contributed by atoms with van der Waals surface area (Å²) >= 11 is 0. The van der Waals surface area contributed by atoms with Crippen LogP contribution >= 0.6 is 0 Å². The van der Waals surface area contributed by atoms with Crippen LogP contribution in [-0.4, -0.2) is 31.7 Å². The Balaban J connectivity index is 1.55. The van der Waals surface area contributed by atoms with Crippen molar-refractivity contribution in [1.29, 1.82) is 0 Å². The molecule has 3 heterocycles. The number of nitrogens with one attached hydrogen (secondary N) is 1. The molecule has 1 aliphatic carbocycles. The van der Waals surface area contributed by atoms with Crippen molar-refractivity contribution < 1.29 is 9.53 Å². The van der Waals surface area contributed by atoms with Crippen LogP contribution in [0.25, 0.3) is 16.7 Å². The highest BCUT2D eigenvalue weighted by Crippen LogP contribution is 2.24. The molecule has 1 N–H and O–H groups in total. The Morgan fingerprint density at radius 2 is 1.92 bits per heavy atom. The lowest BCUT2D eigenvalue weighted by atomic mass is 10.2. The quantitative estimate of drug-likeness (QED) is 0.355. The predicted molar refractivity (Wildman–Crippen MR) is 145 cm³/mol. The number of hydrogen-bond acceptors (Lipinski definition) is 6. The van der Waals surface area contributed by atoms with Gasteiger partial charge in [0.05, 0.1) is 18.0 Å². The van der Waals surface area contributed by atoms with Crippen LogP contribution in [0.3, 0.4) is 0 Å². The van der Waals surface area contributed by atoms with Gasteiger partial charge in [-0.25, -0.2) is 9.78 Å². The fourth-order valence-electron chi connectivity index (χ4n) is 4.33. The van der Waals surface area contributed by atoms with Crippen LogP contribution in [-0.2, 0) is 11.3 Å². The van der Waals surface area contributed by atoms with Crippen molar-refractivity contribution in [3.8, 4) is 0 Å². The molecule has 0 spiro atoms. The number of pyridine rings is 1. The van der Waals surface area contributed by atoms with Crippen molar-refractivity contribution in [2.45, 2.75) is 26.8 Å². The topological polar surface area (TPSA) is 91.0 Å². The molecule has 186 valence electrons. The minimum atomic E-state index is -0.405. The first-order chi connectivity index (χ1) is 18.0. The second kappa shape index (κ2) is 10.5. The van der Waals surface area contributed by atoms with E-state index in [4.69, 9.17) is 9.72 Å². The highest BCUT2D eigenvalue weighted by Gasteiger charge is 2.17. The number of esters is 1. The molecule has 0 saturated heterocycles. The lowest BCUT2D eigenvalue weighted by Gasteiger charge is -2.14. The first kappa shape index (κ1) is 24.0. The molecular formula is C29H27N5O3. The number of hydrogen-bond donors (Lipinski definition) is 1. The molecule has 5 rings (SSSR count). The number of aryl methyl sites for hydroxylation is 1. The predicted octanol–water partition coefficient (Wildman–Crippen LogP) is 5.23. The monoisotopic (exact) mass is 493 g/mol. The van der Waals surface area contributed by atoms with E-state index in [-0.39, 0.29) is 12.2 Å². The average Bonchev–Trinajstić information content (AvgIpc) is 3.08. The fraction of sp³-hybridized carbons (Fsp3) is 0.172. The highest BCUT2D eigenvalue weighted by atomic mass is 16.5. The molecule has 0 saturated carbocycles. The third-order valence-electron chi connectivity index (χ3n) is 6.04. The number of nitrogens with zero attached hydrogens (tertiary/aromatic N) is 4. The van der Waals surface area contributed by atoms with Crippen LogP contribution in [0.15, 0.2) is 89.9 Å². The Labute approximate surface area is 214 Å². The molecule has 4 aromatic rings. The molecule has 8 heteroatoms. The normalized spacial score (nSPS) is 12.9. The van der Waals surface area contributed by atoms with E-state index in [2.05, 4.69) is 10.3 Å². The van der Waals surface area contributed by atoms with Gasteiger partial charge in [-0.3, -0.25) is 9.36 Å². The van der Waals surface area contributed by atoms with Crippen molar-refractivity contribution >= 4 is 34.3 Å². The zero-order valence-electron chi connectivity index (χ0n) is 20.7. The number of aromatic nitrogens is 4. The van der Waals surface area contributed by atoms with Crippen LogP contribution in [0.4, 0.5) is 11.6 Å². The van der Waals surface area contributed by atoms with Gasteiger partial charge in [0.15, 0.2) is 5.65 Å². The van der Waals surface area contributed by atoms with Crippen molar-refractivity contribution in [3.63, 3.8) is 0 Å². The minimum Gasteiger partial charge on any atom is -0.461 e. The minimum absolute atomic E-state index is 0.162. The molecule has 0 unspecified atom stereocenters. The van der Waals surface area contributed by atoms with E-state index >= 15 is 0 Å². The summed E-state index contributed by atoms with van der Waals surface area (Å²) < 4.78 is 8.75. The van der Waals surface area contributed by atoms with Gasteiger partial charge < -0.3 is 14.6 Å². The van der Waals surface area contributed by atoms with E-state index in [1.54, 1.807) is 29.7 Å². The third kappa shape index (κ3) is 5.13. The van der Waals surface area contributed by atoms with E-state index in [1.807, 2.05) is 78.4 Å². The molecule has 0 amide bonds. The maximum Gasteiger partial charge on any atom is 0.355 e. The summed E-state index contributed by atoms with van der Waals surface area (Å²) in [6.07, 6.45) is 12.1. The van der Waals surface area contributed by atoms with E-state index in [0.29, 0.717) is 35.9 Å². The number of anilines is 2. The SMILES string of the molecule is CCOC(=O)c1cc(Nc2nc(C)c3ccc(=O)n(C4=CC=CC=CC4)c3n2)cn1Cc1ccccc1. The number of fused-ring (bicyclic) bond motifs is 1. The van der Waals surface area contributed by atoms with Crippen molar-refractivity contribution in [1.82, 2.24) is 19.1 Å². The number of carbonyl (C=O) groups excluding carboxylic acids is 1. The molecular weight excluding hydrogens is 466 g/mol. The zero-order valence-corrected chi connectivity index (χ0v) is 20.7. The van der Waals surface area contributed by atoms with E-state index in [1.165, 1.54) is 0 Å². The van der Waals surface area contributed by atoms with E-state index in [9.17, 15) is 9.59 Å². The Kier molecular flexibility index (Phi) is 6.81. The molecule has 1 aromatic carbocycles. The Morgan fingerprint density at radius 1 is 1.08 bits per heavy atom. The van der Waals surface area contributed by atoms with E-state index < -0.39 is 5.97 Å². The summed E-state index contributed by atoms with van der Waals surface area (Å²) in [7, 11) is 0. The first-order valence-electron chi connectivity index (χ1n) is 12.1. The Bertz CT molecular complexity index is 1610. The fourth-order valence-corrected chi connectivity index (χ4v) is 4.33. The van der Waals surface area contributed by atoms with Crippen molar-refractivity contribution in [2.75, 3.05) is 11.9 Å². The van der Waals surface area contributed by atoms with Gasteiger partial charge in [-0.05, 0) is 37.6 Å². The van der Waals surface area contributed by atoms with Gasteiger partial charge >= 0.3 is 5.97 Å². The Hall–Kier alpha value is -4.72. The third-order valence-corrected chi connectivity index (χ3v) is 6.04. The summed E-state index contributed by atoms with van der Waals surface area (Å²) in [6.45, 7) is 4.45. The summed E-state index contributed by atoms with van der Waals surface area (Å²) in [5.41, 5.74) is 4.03. The summed E-state index contributed by atoms with van der Waals surface area (Å²) in [5, 5.41) is 4.02. The molecule has 1 aliphatic rings. The second-order valence-electron chi connectivity index (χ2n) is 8.63. The molecule has 0 bridgehead atoms. The molecule has 0 radical (unpaired) electrons. The van der Waals surface area contributed by atoms with Gasteiger partial charge in [-0.2, -0.15) is 4.98 Å².